The molecule has 8 heteroatoms. The third kappa shape index (κ3) is 5.82. The lowest BCUT2D eigenvalue weighted by atomic mass is 10.2. The minimum absolute atomic E-state index is 0.00710. The summed E-state index contributed by atoms with van der Waals surface area (Å²) in [6.45, 7) is 1.38. The van der Waals surface area contributed by atoms with Crippen LogP contribution in [-0.2, 0) is 15.8 Å². The Labute approximate surface area is 146 Å². The molecule has 0 heterocycles. The van der Waals surface area contributed by atoms with Crippen LogP contribution in [0.25, 0.3) is 0 Å². The largest absolute Gasteiger partial charge is 0.416 e. The summed E-state index contributed by atoms with van der Waals surface area (Å²) in [5, 5.41) is 5.09. The third-order valence-electron chi connectivity index (χ3n) is 3.03. The van der Waals surface area contributed by atoms with E-state index in [9.17, 15) is 22.8 Å². The minimum atomic E-state index is -4.47. The average molecular weight is 368 g/mol. The molecule has 4 nitrogen and oxygen atoms in total. The number of hydrogen-bond acceptors (Lipinski definition) is 3. The highest BCUT2D eigenvalue weighted by Gasteiger charge is 2.30. The summed E-state index contributed by atoms with van der Waals surface area (Å²) in [6.07, 6.45) is -4.47. The molecule has 0 bridgehead atoms. The van der Waals surface area contributed by atoms with E-state index in [1.807, 2.05) is 0 Å². The van der Waals surface area contributed by atoms with Crippen LogP contribution in [0, 0.1) is 0 Å². The van der Waals surface area contributed by atoms with Crippen LogP contribution in [0.5, 0.6) is 0 Å². The van der Waals surface area contributed by atoms with Gasteiger partial charge >= 0.3 is 6.18 Å². The van der Waals surface area contributed by atoms with Gasteiger partial charge in [-0.05, 0) is 30.3 Å². The lowest BCUT2D eigenvalue weighted by Crippen LogP contribution is -2.15. The number of hydrogen-bond donors (Lipinski definition) is 2. The van der Waals surface area contributed by atoms with E-state index in [0.717, 1.165) is 12.1 Å². The van der Waals surface area contributed by atoms with Crippen molar-refractivity contribution in [2.45, 2.75) is 18.0 Å². The second-order valence-corrected chi connectivity index (χ2v) is 6.11. The van der Waals surface area contributed by atoms with Gasteiger partial charge in [0, 0.05) is 17.5 Å². The van der Waals surface area contributed by atoms with E-state index in [4.69, 9.17) is 0 Å². The van der Waals surface area contributed by atoms with Gasteiger partial charge in [-0.3, -0.25) is 9.59 Å². The molecule has 0 saturated carbocycles. The molecular formula is C17H15F3N2O2S. The molecule has 0 aliphatic carbocycles. The monoisotopic (exact) mass is 368 g/mol. The van der Waals surface area contributed by atoms with E-state index < -0.39 is 17.6 Å². The Kier molecular flexibility index (Phi) is 6.08. The summed E-state index contributed by atoms with van der Waals surface area (Å²) in [4.78, 5) is 23.8. The van der Waals surface area contributed by atoms with Gasteiger partial charge in [-0.2, -0.15) is 13.2 Å². The first-order valence-electron chi connectivity index (χ1n) is 7.22. The van der Waals surface area contributed by atoms with Crippen molar-refractivity contribution in [3.8, 4) is 0 Å². The standard InChI is InChI=1S/C17H15F3N2O2S/c1-11(23)21-14-7-2-3-8-15(14)25-10-16(24)22-13-6-4-5-12(9-13)17(18,19)20/h2-9H,10H2,1H3,(H,21,23)(H,22,24). The van der Waals surface area contributed by atoms with Crippen LogP contribution in [0.3, 0.4) is 0 Å². The highest BCUT2D eigenvalue weighted by molar-refractivity contribution is 8.00. The maximum atomic E-state index is 12.7. The number of anilines is 2. The molecule has 2 N–H and O–H groups in total. The summed E-state index contributed by atoms with van der Waals surface area (Å²) >= 11 is 1.18. The van der Waals surface area contributed by atoms with E-state index in [2.05, 4.69) is 10.6 Å². The number of rotatable bonds is 5. The maximum absolute atomic E-state index is 12.7. The molecule has 0 saturated heterocycles. The fourth-order valence-corrected chi connectivity index (χ4v) is 2.81. The Bertz CT molecular complexity index is 778. The number of nitrogens with one attached hydrogen (secondary N) is 2. The number of halogens is 3. The third-order valence-corrected chi connectivity index (χ3v) is 4.10. The molecule has 132 valence electrons. The molecule has 0 aliphatic heterocycles. The number of carbonyl (C=O) groups is 2. The van der Waals surface area contributed by atoms with E-state index in [1.54, 1.807) is 24.3 Å². The molecule has 2 aromatic rings. The van der Waals surface area contributed by atoms with Gasteiger partial charge in [-0.25, -0.2) is 0 Å². The number of thioether (sulfide) groups is 1. The first kappa shape index (κ1) is 18.9. The number of amides is 2. The Hall–Kier alpha value is -2.48. The number of benzene rings is 2. The van der Waals surface area contributed by atoms with Crippen molar-refractivity contribution in [2.75, 3.05) is 16.4 Å². The highest BCUT2D eigenvalue weighted by atomic mass is 32.2. The molecule has 2 aromatic carbocycles. The quantitative estimate of drug-likeness (QED) is 0.770. The van der Waals surface area contributed by atoms with Gasteiger partial charge in [0.2, 0.25) is 11.8 Å². The SMILES string of the molecule is CC(=O)Nc1ccccc1SCC(=O)Nc1cccc(C(F)(F)F)c1. The zero-order valence-electron chi connectivity index (χ0n) is 13.2. The second kappa shape index (κ2) is 8.06. The van der Waals surface area contributed by atoms with Crippen LogP contribution in [0.4, 0.5) is 24.5 Å². The van der Waals surface area contributed by atoms with Crippen molar-refractivity contribution in [2.24, 2.45) is 0 Å². The lowest BCUT2D eigenvalue weighted by Gasteiger charge is -2.11. The predicted molar refractivity (Wildman–Crippen MR) is 91.5 cm³/mol. The molecule has 0 atom stereocenters. The summed E-state index contributed by atoms with van der Waals surface area (Å²) in [5.41, 5.74) is -0.170. The minimum Gasteiger partial charge on any atom is -0.325 e. The summed E-state index contributed by atoms with van der Waals surface area (Å²) in [5.74, 6) is -0.684. The number of alkyl halides is 3. The first-order valence-corrected chi connectivity index (χ1v) is 8.21. The molecule has 0 radical (unpaired) electrons. The Balaban J connectivity index is 1.99. The molecule has 25 heavy (non-hydrogen) atoms. The van der Waals surface area contributed by atoms with Crippen molar-refractivity contribution >= 4 is 35.0 Å². The molecule has 0 spiro atoms. The van der Waals surface area contributed by atoms with Gasteiger partial charge in [0.1, 0.15) is 0 Å². The number of carbonyl (C=O) groups excluding carboxylic acids is 2. The van der Waals surface area contributed by atoms with Crippen LogP contribution in [0.1, 0.15) is 12.5 Å². The zero-order valence-corrected chi connectivity index (χ0v) is 14.0. The second-order valence-electron chi connectivity index (χ2n) is 5.09. The molecule has 2 amide bonds. The average Bonchev–Trinajstić information content (AvgIpc) is 2.53. The molecule has 0 unspecified atom stereocenters. The van der Waals surface area contributed by atoms with Crippen molar-refractivity contribution in [3.63, 3.8) is 0 Å². The van der Waals surface area contributed by atoms with Crippen molar-refractivity contribution in [1.29, 1.82) is 0 Å². The van der Waals surface area contributed by atoms with Gasteiger partial charge in [0.15, 0.2) is 0 Å². The van der Waals surface area contributed by atoms with Crippen LogP contribution >= 0.6 is 11.8 Å². The Morgan fingerprint density at radius 2 is 1.76 bits per heavy atom. The molecule has 0 fully saturated rings. The van der Waals surface area contributed by atoms with Crippen LogP contribution in [0.15, 0.2) is 53.4 Å². The Morgan fingerprint density at radius 1 is 1.04 bits per heavy atom. The van der Waals surface area contributed by atoms with Crippen LogP contribution in [-0.4, -0.2) is 17.6 Å². The van der Waals surface area contributed by atoms with Gasteiger partial charge in [0.25, 0.3) is 0 Å². The van der Waals surface area contributed by atoms with Gasteiger partial charge in [-0.15, -0.1) is 11.8 Å². The van der Waals surface area contributed by atoms with Crippen molar-refractivity contribution in [1.82, 2.24) is 0 Å². The Morgan fingerprint density at radius 3 is 2.44 bits per heavy atom. The normalized spacial score (nSPS) is 11.0. The van der Waals surface area contributed by atoms with Gasteiger partial charge < -0.3 is 10.6 Å². The van der Waals surface area contributed by atoms with E-state index >= 15 is 0 Å². The molecular weight excluding hydrogens is 353 g/mol. The predicted octanol–water partition coefficient (Wildman–Crippen LogP) is 4.39. The zero-order chi connectivity index (χ0) is 18.4. The van der Waals surface area contributed by atoms with Gasteiger partial charge in [0.05, 0.1) is 17.0 Å². The van der Waals surface area contributed by atoms with E-state index in [1.165, 1.54) is 30.8 Å². The summed E-state index contributed by atoms with van der Waals surface area (Å²) in [7, 11) is 0. The molecule has 0 aromatic heterocycles. The summed E-state index contributed by atoms with van der Waals surface area (Å²) in [6, 6.07) is 11.4. The smallest absolute Gasteiger partial charge is 0.325 e. The molecule has 0 aliphatic rings. The van der Waals surface area contributed by atoms with Crippen molar-refractivity contribution in [3.05, 3.63) is 54.1 Å². The number of para-hydroxylation sites is 1. The fraction of sp³-hybridized carbons (Fsp3) is 0.176. The maximum Gasteiger partial charge on any atom is 0.416 e. The van der Waals surface area contributed by atoms with Crippen molar-refractivity contribution < 1.29 is 22.8 Å². The fourth-order valence-electron chi connectivity index (χ4n) is 2.00. The van der Waals surface area contributed by atoms with Gasteiger partial charge in [-0.1, -0.05) is 18.2 Å². The first-order chi connectivity index (χ1) is 11.8. The van der Waals surface area contributed by atoms with E-state index in [0.29, 0.717) is 10.6 Å². The van der Waals surface area contributed by atoms with Crippen LogP contribution in [0.2, 0.25) is 0 Å². The lowest BCUT2D eigenvalue weighted by molar-refractivity contribution is -0.137. The highest BCUT2D eigenvalue weighted by Crippen LogP contribution is 2.31. The van der Waals surface area contributed by atoms with Crippen LogP contribution < -0.4 is 10.6 Å². The molecule has 2 rings (SSSR count). The topological polar surface area (TPSA) is 58.2 Å². The summed E-state index contributed by atoms with van der Waals surface area (Å²) < 4.78 is 38.0. The van der Waals surface area contributed by atoms with E-state index in [-0.39, 0.29) is 17.3 Å².